The minimum Gasteiger partial charge on any atom is -0.354 e. The first-order valence-corrected chi connectivity index (χ1v) is 7.07. The molecule has 0 aromatic heterocycles. The van der Waals surface area contributed by atoms with Gasteiger partial charge < -0.3 is 11.1 Å². The van der Waals surface area contributed by atoms with Crippen LogP contribution in [0.4, 0.5) is 0 Å². The summed E-state index contributed by atoms with van der Waals surface area (Å²) in [5.41, 5.74) is 8.54. The van der Waals surface area contributed by atoms with Crippen LogP contribution in [-0.2, 0) is 16.6 Å². The number of nitrogens with one attached hydrogen (secondary N) is 1. The number of carbonyl (C=O) groups is 1. The number of rotatable bonds is 3. The molecule has 19 heavy (non-hydrogen) atoms. The Labute approximate surface area is 114 Å². The Morgan fingerprint density at radius 2 is 2.21 bits per heavy atom. The minimum absolute atomic E-state index is 0.138. The molecule has 0 heterocycles. The highest BCUT2D eigenvalue weighted by atomic mass is 16.2. The molecule has 3 heteroatoms. The van der Waals surface area contributed by atoms with E-state index in [0.29, 0.717) is 6.54 Å². The van der Waals surface area contributed by atoms with Gasteiger partial charge in [-0.15, -0.1) is 0 Å². The van der Waals surface area contributed by atoms with Gasteiger partial charge in [0.15, 0.2) is 0 Å². The molecule has 3 rings (SSSR count). The normalized spacial score (nSPS) is 28.3. The Bertz CT molecular complexity index is 518. The van der Waals surface area contributed by atoms with E-state index in [1.165, 1.54) is 11.1 Å². The summed E-state index contributed by atoms with van der Waals surface area (Å²) in [6, 6.07) is 8.57. The van der Waals surface area contributed by atoms with E-state index < -0.39 is 0 Å². The van der Waals surface area contributed by atoms with Crippen molar-refractivity contribution in [1.82, 2.24) is 5.32 Å². The lowest BCUT2D eigenvalue weighted by molar-refractivity contribution is -0.123. The molecule has 0 radical (unpaired) electrons. The molecule has 1 fully saturated rings. The van der Waals surface area contributed by atoms with Gasteiger partial charge in [-0.2, -0.15) is 0 Å². The smallest absolute Gasteiger partial charge is 0.224 e. The van der Waals surface area contributed by atoms with Crippen LogP contribution in [0.3, 0.4) is 0 Å². The van der Waals surface area contributed by atoms with Gasteiger partial charge in [-0.3, -0.25) is 4.79 Å². The molecule has 3 N–H and O–H groups in total. The van der Waals surface area contributed by atoms with Gasteiger partial charge in [0, 0.05) is 23.4 Å². The summed E-state index contributed by atoms with van der Waals surface area (Å²) >= 11 is 0. The van der Waals surface area contributed by atoms with Gasteiger partial charge in [0.2, 0.25) is 5.91 Å². The van der Waals surface area contributed by atoms with E-state index >= 15 is 0 Å². The maximum atomic E-state index is 12.3. The van der Waals surface area contributed by atoms with Crippen molar-refractivity contribution in [2.24, 2.45) is 11.7 Å². The van der Waals surface area contributed by atoms with E-state index in [9.17, 15) is 4.79 Å². The molecular weight excluding hydrogens is 236 g/mol. The summed E-state index contributed by atoms with van der Waals surface area (Å²) < 4.78 is 0. The standard InChI is InChI=1S/C16H22N2O/c1-15(2,17)10-18-14(19)13-9-16(13)8-7-11-5-3-4-6-12(11)16/h3-6,13H,7-10,17H2,1-2H3,(H,18,19). The first kappa shape index (κ1) is 12.7. The van der Waals surface area contributed by atoms with Gasteiger partial charge in [0.05, 0.1) is 0 Å². The maximum absolute atomic E-state index is 12.3. The summed E-state index contributed by atoms with van der Waals surface area (Å²) in [6.07, 6.45) is 3.24. The van der Waals surface area contributed by atoms with Crippen molar-refractivity contribution in [3.8, 4) is 0 Å². The number of fused-ring (bicyclic) bond motifs is 2. The van der Waals surface area contributed by atoms with E-state index in [4.69, 9.17) is 5.73 Å². The van der Waals surface area contributed by atoms with Crippen LogP contribution in [0.2, 0.25) is 0 Å². The van der Waals surface area contributed by atoms with E-state index in [2.05, 4.69) is 29.6 Å². The summed E-state index contributed by atoms with van der Waals surface area (Å²) in [7, 11) is 0. The van der Waals surface area contributed by atoms with Crippen LogP contribution in [0.1, 0.15) is 37.8 Å². The van der Waals surface area contributed by atoms with Gasteiger partial charge in [-0.05, 0) is 44.2 Å². The first-order chi connectivity index (χ1) is 8.92. The lowest BCUT2D eigenvalue weighted by atomic mass is 9.95. The molecule has 2 unspecified atom stereocenters. The summed E-state index contributed by atoms with van der Waals surface area (Å²) in [5, 5.41) is 3.00. The quantitative estimate of drug-likeness (QED) is 0.867. The SMILES string of the molecule is CC(C)(N)CNC(=O)C1CC12CCc1ccccc12. The number of aryl methyl sites for hydroxylation is 1. The zero-order valence-electron chi connectivity index (χ0n) is 11.7. The van der Waals surface area contributed by atoms with E-state index in [0.717, 1.165) is 19.3 Å². The maximum Gasteiger partial charge on any atom is 0.224 e. The summed E-state index contributed by atoms with van der Waals surface area (Å²) in [5.74, 6) is 0.328. The van der Waals surface area contributed by atoms with Crippen LogP contribution in [0.25, 0.3) is 0 Å². The van der Waals surface area contributed by atoms with Gasteiger partial charge >= 0.3 is 0 Å². The van der Waals surface area contributed by atoms with E-state index in [1.54, 1.807) is 0 Å². The third kappa shape index (κ3) is 2.16. The van der Waals surface area contributed by atoms with Crippen molar-refractivity contribution in [1.29, 1.82) is 0 Å². The number of hydrogen-bond acceptors (Lipinski definition) is 2. The Morgan fingerprint density at radius 1 is 1.47 bits per heavy atom. The fourth-order valence-corrected chi connectivity index (χ4v) is 3.38. The Morgan fingerprint density at radius 3 is 2.95 bits per heavy atom. The second kappa shape index (κ2) is 4.07. The van der Waals surface area contributed by atoms with Crippen molar-refractivity contribution in [3.63, 3.8) is 0 Å². The third-order valence-corrected chi connectivity index (χ3v) is 4.50. The predicted octanol–water partition coefficient (Wildman–Crippen LogP) is 1.74. The monoisotopic (exact) mass is 258 g/mol. The topological polar surface area (TPSA) is 55.1 Å². The molecule has 2 atom stereocenters. The molecule has 0 saturated heterocycles. The van der Waals surface area contributed by atoms with Gasteiger partial charge in [-0.1, -0.05) is 24.3 Å². The molecule has 1 amide bonds. The van der Waals surface area contributed by atoms with Crippen LogP contribution >= 0.6 is 0 Å². The largest absolute Gasteiger partial charge is 0.354 e. The number of benzene rings is 1. The van der Waals surface area contributed by atoms with Crippen LogP contribution in [0, 0.1) is 5.92 Å². The molecule has 1 aromatic rings. The molecule has 2 aliphatic rings. The zero-order valence-corrected chi connectivity index (χ0v) is 11.7. The van der Waals surface area contributed by atoms with Crippen LogP contribution in [0.5, 0.6) is 0 Å². The van der Waals surface area contributed by atoms with Crippen LogP contribution < -0.4 is 11.1 Å². The van der Waals surface area contributed by atoms with Crippen molar-refractivity contribution >= 4 is 5.91 Å². The molecule has 1 spiro atoms. The van der Waals surface area contributed by atoms with E-state index in [1.807, 2.05) is 13.8 Å². The lowest BCUT2D eigenvalue weighted by Crippen LogP contribution is -2.45. The zero-order chi connectivity index (χ0) is 13.7. The number of amides is 1. The number of nitrogens with two attached hydrogens (primary N) is 1. The third-order valence-electron chi connectivity index (χ3n) is 4.50. The average molecular weight is 258 g/mol. The summed E-state index contributed by atoms with van der Waals surface area (Å²) in [6.45, 7) is 4.40. The molecule has 2 aliphatic carbocycles. The first-order valence-electron chi connectivity index (χ1n) is 7.07. The highest BCUT2D eigenvalue weighted by molar-refractivity contribution is 5.85. The van der Waals surface area contributed by atoms with Crippen molar-refractivity contribution in [2.45, 2.75) is 44.1 Å². The molecule has 3 nitrogen and oxygen atoms in total. The highest BCUT2D eigenvalue weighted by Crippen LogP contribution is 2.61. The Balaban J connectivity index is 1.70. The molecule has 102 valence electrons. The fraction of sp³-hybridized carbons (Fsp3) is 0.562. The predicted molar refractivity (Wildman–Crippen MR) is 75.8 cm³/mol. The minimum atomic E-state index is -0.342. The fourth-order valence-electron chi connectivity index (χ4n) is 3.38. The van der Waals surface area contributed by atoms with Gasteiger partial charge in [0.25, 0.3) is 0 Å². The highest BCUT2D eigenvalue weighted by Gasteiger charge is 2.61. The van der Waals surface area contributed by atoms with Crippen LogP contribution in [0.15, 0.2) is 24.3 Å². The molecule has 1 saturated carbocycles. The second-order valence-corrected chi connectivity index (χ2v) is 6.78. The second-order valence-electron chi connectivity index (χ2n) is 6.78. The Hall–Kier alpha value is -1.35. The van der Waals surface area contributed by atoms with Crippen molar-refractivity contribution in [3.05, 3.63) is 35.4 Å². The number of hydrogen-bond donors (Lipinski definition) is 2. The summed E-state index contributed by atoms with van der Waals surface area (Å²) in [4.78, 5) is 12.3. The van der Waals surface area contributed by atoms with Crippen molar-refractivity contribution < 1.29 is 4.79 Å². The molecular formula is C16H22N2O. The van der Waals surface area contributed by atoms with Crippen molar-refractivity contribution in [2.75, 3.05) is 6.54 Å². The molecule has 0 aliphatic heterocycles. The molecule has 0 bridgehead atoms. The van der Waals surface area contributed by atoms with Gasteiger partial charge in [-0.25, -0.2) is 0 Å². The van der Waals surface area contributed by atoms with E-state index in [-0.39, 0.29) is 22.8 Å². The lowest BCUT2D eigenvalue weighted by Gasteiger charge is -2.19. The molecule has 1 aromatic carbocycles. The van der Waals surface area contributed by atoms with Gasteiger partial charge in [0.1, 0.15) is 0 Å². The average Bonchev–Trinajstić information content (AvgIpc) is 2.97. The van der Waals surface area contributed by atoms with Crippen LogP contribution in [-0.4, -0.2) is 18.0 Å². The number of carbonyl (C=O) groups excluding carboxylic acids is 1. The Kier molecular flexibility index (Phi) is 2.72.